The molecule has 2 aliphatic rings. The summed E-state index contributed by atoms with van der Waals surface area (Å²) < 4.78 is 15.9. The number of ether oxygens (including phenoxy) is 3. The van der Waals surface area contributed by atoms with Crippen molar-refractivity contribution in [2.45, 2.75) is 96.2 Å². The lowest BCUT2D eigenvalue weighted by molar-refractivity contribution is -0.120. The molecule has 1 saturated heterocycles. The summed E-state index contributed by atoms with van der Waals surface area (Å²) in [7, 11) is 2.85. The second-order valence-electron chi connectivity index (χ2n) is 7.79. The SMILES string of the molecule is CCCCC1OC1CCCCCCCCCC1=C(OC)C(=O)C=C(OC)C1=O. The van der Waals surface area contributed by atoms with Gasteiger partial charge < -0.3 is 14.2 Å². The molecular weight excluding hydrogens is 356 g/mol. The molecule has 2 atom stereocenters. The fraction of sp³-hybridized carbons (Fsp3) is 0.739. The topological polar surface area (TPSA) is 65.1 Å². The Balaban J connectivity index is 1.53. The van der Waals surface area contributed by atoms with E-state index < -0.39 is 0 Å². The van der Waals surface area contributed by atoms with Gasteiger partial charge in [-0.3, -0.25) is 9.59 Å². The van der Waals surface area contributed by atoms with E-state index >= 15 is 0 Å². The number of hydrogen-bond donors (Lipinski definition) is 0. The summed E-state index contributed by atoms with van der Waals surface area (Å²) in [6.45, 7) is 2.23. The van der Waals surface area contributed by atoms with Crippen LogP contribution in [0.1, 0.15) is 84.0 Å². The third-order valence-electron chi connectivity index (χ3n) is 5.63. The van der Waals surface area contributed by atoms with E-state index in [2.05, 4.69) is 6.92 Å². The maximum atomic E-state index is 12.4. The molecule has 2 rings (SSSR count). The van der Waals surface area contributed by atoms with E-state index in [1.54, 1.807) is 0 Å². The maximum absolute atomic E-state index is 12.4. The van der Waals surface area contributed by atoms with Gasteiger partial charge in [0, 0.05) is 11.6 Å². The standard InChI is InChI=1S/C23H36O5/c1-4-5-14-19-20(28-19)15-12-10-8-6-7-9-11-13-17-22(25)21(26-2)16-18(24)23(17)27-3/h16,19-20H,4-15H2,1-3H3. The Labute approximate surface area is 169 Å². The fourth-order valence-corrected chi connectivity index (χ4v) is 3.88. The van der Waals surface area contributed by atoms with Gasteiger partial charge in [-0.15, -0.1) is 0 Å². The van der Waals surface area contributed by atoms with Crippen molar-refractivity contribution in [3.8, 4) is 0 Å². The number of hydrogen-bond acceptors (Lipinski definition) is 5. The first kappa shape index (κ1) is 22.7. The molecule has 158 valence electrons. The number of ketones is 2. The molecule has 1 heterocycles. The van der Waals surface area contributed by atoms with Crippen LogP contribution < -0.4 is 0 Å². The molecule has 0 N–H and O–H groups in total. The van der Waals surface area contributed by atoms with Crippen molar-refractivity contribution in [2.24, 2.45) is 0 Å². The summed E-state index contributed by atoms with van der Waals surface area (Å²) in [4.78, 5) is 24.4. The van der Waals surface area contributed by atoms with Crippen molar-refractivity contribution in [3.05, 3.63) is 23.2 Å². The molecule has 0 aromatic rings. The molecule has 1 aliphatic heterocycles. The largest absolute Gasteiger partial charge is 0.493 e. The molecule has 0 aromatic heterocycles. The second-order valence-corrected chi connectivity index (χ2v) is 7.79. The number of Topliss-reactive ketones (excluding diaryl/α,β-unsaturated/α-hetero) is 1. The van der Waals surface area contributed by atoms with Crippen LogP contribution >= 0.6 is 0 Å². The highest BCUT2D eigenvalue weighted by molar-refractivity contribution is 6.21. The minimum Gasteiger partial charge on any atom is -0.493 e. The smallest absolute Gasteiger partial charge is 0.227 e. The zero-order valence-electron chi connectivity index (χ0n) is 17.8. The monoisotopic (exact) mass is 392 g/mol. The zero-order valence-corrected chi connectivity index (χ0v) is 17.8. The molecule has 5 nitrogen and oxygen atoms in total. The average molecular weight is 393 g/mol. The van der Waals surface area contributed by atoms with Gasteiger partial charge in [0.1, 0.15) is 0 Å². The molecular formula is C23H36O5. The Morgan fingerprint density at radius 3 is 2.07 bits per heavy atom. The molecule has 0 radical (unpaired) electrons. The predicted octanol–water partition coefficient (Wildman–Crippen LogP) is 5.04. The molecule has 1 aliphatic carbocycles. The van der Waals surface area contributed by atoms with Gasteiger partial charge in [0.25, 0.3) is 0 Å². The molecule has 1 fully saturated rings. The van der Waals surface area contributed by atoms with Gasteiger partial charge >= 0.3 is 0 Å². The van der Waals surface area contributed by atoms with Crippen molar-refractivity contribution >= 4 is 11.6 Å². The van der Waals surface area contributed by atoms with E-state index in [0.29, 0.717) is 24.2 Å². The van der Waals surface area contributed by atoms with E-state index in [9.17, 15) is 9.59 Å². The molecule has 0 aromatic carbocycles. The normalized spacial score (nSPS) is 21.8. The number of allylic oxidation sites excluding steroid dienone is 2. The molecule has 0 amide bonds. The van der Waals surface area contributed by atoms with E-state index in [1.165, 1.54) is 71.7 Å². The van der Waals surface area contributed by atoms with Crippen LogP contribution in [0.3, 0.4) is 0 Å². The summed E-state index contributed by atoms with van der Waals surface area (Å²) >= 11 is 0. The summed E-state index contributed by atoms with van der Waals surface area (Å²) in [5.41, 5.74) is 0.453. The van der Waals surface area contributed by atoms with Crippen LogP contribution in [0, 0.1) is 0 Å². The van der Waals surface area contributed by atoms with Gasteiger partial charge in [0.05, 0.1) is 26.4 Å². The molecule has 0 saturated carbocycles. The van der Waals surface area contributed by atoms with Crippen LogP contribution in [-0.2, 0) is 23.8 Å². The highest BCUT2D eigenvalue weighted by Crippen LogP contribution is 2.31. The van der Waals surface area contributed by atoms with Gasteiger partial charge in [0.15, 0.2) is 11.5 Å². The highest BCUT2D eigenvalue weighted by Gasteiger charge is 2.36. The minimum atomic E-state index is -0.287. The van der Waals surface area contributed by atoms with E-state index in [-0.39, 0.29) is 23.1 Å². The second kappa shape index (κ2) is 12.1. The fourth-order valence-electron chi connectivity index (χ4n) is 3.88. The van der Waals surface area contributed by atoms with Gasteiger partial charge in [-0.1, -0.05) is 58.3 Å². The maximum Gasteiger partial charge on any atom is 0.227 e. The quantitative estimate of drug-likeness (QED) is 0.222. The number of rotatable bonds is 15. The first-order valence-electron chi connectivity index (χ1n) is 10.9. The Hall–Kier alpha value is -1.62. The summed E-state index contributed by atoms with van der Waals surface area (Å²) in [6.07, 6.45) is 16.0. The third-order valence-corrected chi connectivity index (χ3v) is 5.63. The Morgan fingerprint density at radius 1 is 0.857 bits per heavy atom. The first-order valence-corrected chi connectivity index (χ1v) is 10.9. The molecule has 2 unspecified atom stereocenters. The van der Waals surface area contributed by atoms with E-state index in [0.717, 1.165) is 19.3 Å². The Bertz CT molecular complexity index is 590. The zero-order chi connectivity index (χ0) is 20.4. The van der Waals surface area contributed by atoms with Crippen LogP contribution in [0.25, 0.3) is 0 Å². The number of unbranched alkanes of at least 4 members (excludes halogenated alkanes) is 7. The lowest BCUT2D eigenvalue weighted by Crippen LogP contribution is -2.21. The lowest BCUT2D eigenvalue weighted by atomic mass is 9.94. The predicted molar refractivity (Wildman–Crippen MR) is 109 cm³/mol. The van der Waals surface area contributed by atoms with Crippen molar-refractivity contribution in [1.29, 1.82) is 0 Å². The first-order chi connectivity index (χ1) is 13.6. The van der Waals surface area contributed by atoms with Crippen molar-refractivity contribution in [3.63, 3.8) is 0 Å². The number of carbonyl (C=O) groups excluding carboxylic acids is 2. The summed E-state index contributed by atoms with van der Waals surface area (Å²) in [5, 5.41) is 0. The van der Waals surface area contributed by atoms with Crippen molar-refractivity contribution in [2.75, 3.05) is 14.2 Å². The Morgan fingerprint density at radius 2 is 1.46 bits per heavy atom. The van der Waals surface area contributed by atoms with Gasteiger partial charge in [0.2, 0.25) is 11.6 Å². The van der Waals surface area contributed by atoms with Gasteiger partial charge in [-0.05, 0) is 25.7 Å². The number of epoxide rings is 1. The van der Waals surface area contributed by atoms with Gasteiger partial charge in [-0.2, -0.15) is 0 Å². The molecule has 28 heavy (non-hydrogen) atoms. The summed E-state index contributed by atoms with van der Waals surface area (Å²) in [5.74, 6) is -0.230. The van der Waals surface area contributed by atoms with E-state index in [4.69, 9.17) is 14.2 Å². The minimum absolute atomic E-state index is 0.109. The highest BCUT2D eigenvalue weighted by atomic mass is 16.6. The number of methoxy groups -OCH3 is 2. The van der Waals surface area contributed by atoms with Crippen LogP contribution in [0.15, 0.2) is 23.2 Å². The lowest BCUT2D eigenvalue weighted by Gasteiger charge is -2.17. The Kier molecular flexibility index (Phi) is 9.76. The van der Waals surface area contributed by atoms with E-state index in [1.807, 2.05) is 0 Å². The van der Waals surface area contributed by atoms with Crippen LogP contribution in [0.4, 0.5) is 0 Å². The molecule has 0 spiro atoms. The van der Waals surface area contributed by atoms with Crippen molar-refractivity contribution in [1.82, 2.24) is 0 Å². The van der Waals surface area contributed by atoms with Crippen LogP contribution in [-0.4, -0.2) is 38.0 Å². The average Bonchev–Trinajstić information content (AvgIpc) is 3.45. The van der Waals surface area contributed by atoms with Crippen LogP contribution in [0.2, 0.25) is 0 Å². The van der Waals surface area contributed by atoms with Crippen LogP contribution in [0.5, 0.6) is 0 Å². The third kappa shape index (κ3) is 6.77. The van der Waals surface area contributed by atoms with Crippen molar-refractivity contribution < 1.29 is 23.8 Å². The summed E-state index contributed by atoms with van der Waals surface area (Å²) in [6, 6.07) is 0. The molecule has 0 bridgehead atoms. The molecule has 5 heteroatoms. The number of carbonyl (C=O) groups is 2. The van der Waals surface area contributed by atoms with Gasteiger partial charge in [-0.25, -0.2) is 0 Å².